The zero-order valence-corrected chi connectivity index (χ0v) is 12.1. The second kappa shape index (κ2) is 5.92. The van der Waals surface area contributed by atoms with E-state index < -0.39 is 0 Å². The first-order valence-corrected chi connectivity index (χ1v) is 7.11. The van der Waals surface area contributed by atoms with Gasteiger partial charge < -0.3 is 15.2 Å². The molecule has 0 saturated carbocycles. The fourth-order valence-electron chi connectivity index (χ4n) is 2.42. The Kier molecular flexibility index (Phi) is 3.99. The van der Waals surface area contributed by atoms with Crippen molar-refractivity contribution >= 4 is 11.6 Å². The first-order chi connectivity index (χ1) is 10.1. The lowest BCUT2D eigenvalue weighted by Gasteiger charge is -2.23. The number of hydrogen-bond donors (Lipinski definition) is 1. The van der Waals surface area contributed by atoms with Crippen LogP contribution in [0.3, 0.4) is 0 Å². The fourth-order valence-corrected chi connectivity index (χ4v) is 2.67. The van der Waals surface area contributed by atoms with Gasteiger partial charge in [0, 0.05) is 16.6 Å². The van der Waals surface area contributed by atoms with Crippen LogP contribution in [0.15, 0.2) is 36.4 Å². The van der Waals surface area contributed by atoms with Crippen LogP contribution in [0.4, 0.5) is 4.39 Å². The minimum absolute atomic E-state index is 0.301. The lowest BCUT2D eigenvalue weighted by molar-refractivity contribution is 0.169. The number of benzene rings is 2. The minimum Gasteiger partial charge on any atom is -0.486 e. The van der Waals surface area contributed by atoms with Gasteiger partial charge in [0.1, 0.15) is 19.0 Å². The molecule has 5 heteroatoms. The Morgan fingerprint density at radius 3 is 2.81 bits per heavy atom. The van der Waals surface area contributed by atoms with Gasteiger partial charge in [-0.05, 0) is 30.2 Å². The van der Waals surface area contributed by atoms with Crippen molar-refractivity contribution in [2.24, 2.45) is 5.73 Å². The zero-order valence-electron chi connectivity index (χ0n) is 11.3. The van der Waals surface area contributed by atoms with Crippen LogP contribution < -0.4 is 15.2 Å². The summed E-state index contributed by atoms with van der Waals surface area (Å²) in [6.45, 7) is 1.05. The molecule has 1 aliphatic rings. The highest BCUT2D eigenvalue weighted by Gasteiger charge is 2.20. The molecule has 110 valence electrons. The van der Waals surface area contributed by atoms with Gasteiger partial charge in [-0.15, -0.1) is 0 Å². The third-order valence-corrected chi connectivity index (χ3v) is 3.80. The van der Waals surface area contributed by atoms with Gasteiger partial charge in [-0.2, -0.15) is 0 Å². The van der Waals surface area contributed by atoms with Gasteiger partial charge in [-0.3, -0.25) is 0 Å². The molecule has 2 aromatic rings. The maximum atomic E-state index is 13.1. The van der Waals surface area contributed by atoms with Crippen molar-refractivity contribution in [3.8, 4) is 11.5 Å². The molecule has 1 atom stereocenters. The van der Waals surface area contributed by atoms with Crippen LogP contribution in [-0.2, 0) is 6.42 Å². The molecule has 1 aliphatic heterocycles. The molecule has 0 fully saturated rings. The lowest BCUT2D eigenvalue weighted by atomic mass is 9.98. The van der Waals surface area contributed by atoms with E-state index in [0.29, 0.717) is 36.2 Å². The highest BCUT2D eigenvalue weighted by Crippen LogP contribution is 2.37. The number of hydrogen-bond acceptors (Lipinski definition) is 3. The summed E-state index contributed by atoms with van der Waals surface area (Å²) < 4.78 is 24.3. The van der Waals surface area contributed by atoms with Gasteiger partial charge in [0.25, 0.3) is 0 Å². The summed E-state index contributed by atoms with van der Waals surface area (Å²) in [5.41, 5.74) is 7.94. The van der Waals surface area contributed by atoms with Crippen molar-refractivity contribution in [1.82, 2.24) is 0 Å². The normalized spacial score (nSPS) is 14.8. The summed E-state index contributed by atoms with van der Waals surface area (Å²) in [5.74, 6) is 1.04. The third-order valence-electron chi connectivity index (χ3n) is 3.45. The molecule has 3 nitrogen and oxygen atoms in total. The second-order valence-corrected chi connectivity index (χ2v) is 5.32. The second-order valence-electron chi connectivity index (χ2n) is 4.92. The molecule has 3 rings (SSSR count). The molecule has 0 aliphatic carbocycles. The summed E-state index contributed by atoms with van der Waals surface area (Å²) in [5, 5.41) is 0.382. The Bertz CT molecular complexity index is 663. The van der Waals surface area contributed by atoms with Crippen LogP contribution in [-0.4, -0.2) is 13.2 Å². The molecule has 0 aromatic heterocycles. The van der Waals surface area contributed by atoms with Crippen molar-refractivity contribution < 1.29 is 13.9 Å². The van der Waals surface area contributed by atoms with Crippen LogP contribution in [0.1, 0.15) is 17.2 Å². The van der Waals surface area contributed by atoms with Crippen LogP contribution in [0.5, 0.6) is 11.5 Å². The fraction of sp³-hybridized carbons (Fsp3) is 0.250. The molecule has 0 bridgehead atoms. The van der Waals surface area contributed by atoms with Crippen LogP contribution in [0.25, 0.3) is 0 Å². The molecule has 1 heterocycles. The largest absolute Gasteiger partial charge is 0.486 e. The zero-order chi connectivity index (χ0) is 14.8. The van der Waals surface area contributed by atoms with Gasteiger partial charge in [0.05, 0.1) is 0 Å². The van der Waals surface area contributed by atoms with E-state index in [0.717, 1.165) is 11.1 Å². The van der Waals surface area contributed by atoms with Crippen LogP contribution in [0.2, 0.25) is 5.02 Å². The standard InChI is InChI=1S/C16H15ClFNO2/c17-13-9-11(18)5-4-10(13)8-14(19)12-2-1-3-15-16(12)21-7-6-20-15/h1-5,9,14H,6-8,19H2. The van der Waals surface area contributed by atoms with Crippen molar-refractivity contribution in [2.75, 3.05) is 13.2 Å². The minimum atomic E-state index is -0.355. The molecular formula is C16H15ClFNO2. The molecule has 1 unspecified atom stereocenters. The quantitative estimate of drug-likeness (QED) is 0.944. The van der Waals surface area contributed by atoms with Crippen LogP contribution in [0, 0.1) is 5.82 Å². The molecule has 21 heavy (non-hydrogen) atoms. The molecule has 0 saturated heterocycles. The van der Waals surface area contributed by atoms with E-state index in [4.69, 9.17) is 26.8 Å². The Balaban J connectivity index is 1.87. The molecular weight excluding hydrogens is 293 g/mol. The molecule has 0 amide bonds. The van der Waals surface area contributed by atoms with Gasteiger partial charge in [0.2, 0.25) is 0 Å². The highest BCUT2D eigenvalue weighted by molar-refractivity contribution is 6.31. The van der Waals surface area contributed by atoms with E-state index in [9.17, 15) is 4.39 Å². The average Bonchev–Trinajstić information content (AvgIpc) is 2.49. The average molecular weight is 308 g/mol. The molecule has 0 spiro atoms. The number of nitrogens with two attached hydrogens (primary N) is 1. The summed E-state index contributed by atoms with van der Waals surface area (Å²) in [4.78, 5) is 0. The third kappa shape index (κ3) is 2.96. The Labute approximate surface area is 127 Å². The van der Waals surface area contributed by atoms with E-state index in [1.54, 1.807) is 6.07 Å². The van der Waals surface area contributed by atoms with E-state index in [-0.39, 0.29) is 11.9 Å². The lowest BCUT2D eigenvalue weighted by Crippen LogP contribution is -2.20. The number of ether oxygens (including phenoxy) is 2. The van der Waals surface area contributed by atoms with Gasteiger partial charge >= 0.3 is 0 Å². The van der Waals surface area contributed by atoms with Gasteiger partial charge in [-0.25, -0.2) is 4.39 Å². The van der Waals surface area contributed by atoms with E-state index >= 15 is 0 Å². The number of fused-ring (bicyclic) bond motifs is 1. The summed E-state index contributed by atoms with van der Waals surface area (Å²) >= 11 is 6.05. The monoisotopic (exact) mass is 307 g/mol. The Morgan fingerprint density at radius 1 is 1.19 bits per heavy atom. The van der Waals surface area contributed by atoms with Crippen molar-refractivity contribution in [3.63, 3.8) is 0 Å². The van der Waals surface area contributed by atoms with E-state index in [1.807, 2.05) is 18.2 Å². The number of para-hydroxylation sites is 1. The Morgan fingerprint density at radius 2 is 2.00 bits per heavy atom. The maximum Gasteiger partial charge on any atom is 0.166 e. The Hall–Kier alpha value is -1.78. The number of rotatable bonds is 3. The first-order valence-electron chi connectivity index (χ1n) is 6.73. The van der Waals surface area contributed by atoms with Crippen molar-refractivity contribution in [1.29, 1.82) is 0 Å². The van der Waals surface area contributed by atoms with Gasteiger partial charge in [-0.1, -0.05) is 29.8 Å². The molecule has 2 aromatic carbocycles. The molecule has 0 radical (unpaired) electrons. The first kappa shape index (κ1) is 14.2. The van der Waals surface area contributed by atoms with Crippen molar-refractivity contribution in [3.05, 3.63) is 58.4 Å². The smallest absolute Gasteiger partial charge is 0.166 e. The number of halogens is 2. The van der Waals surface area contributed by atoms with Crippen LogP contribution >= 0.6 is 11.6 Å². The predicted molar refractivity (Wildman–Crippen MR) is 79.5 cm³/mol. The summed E-state index contributed by atoms with van der Waals surface area (Å²) in [6, 6.07) is 9.69. The summed E-state index contributed by atoms with van der Waals surface area (Å²) in [6.07, 6.45) is 0.499. The van der Waals surface area contributed by atoms with E-state index in [2.05, 4.69) is 0 Å². The highest BCUT2D eigenvalue weighted by atomic mass is 35.5. The SMILES string of the molecule is NC(Cc1ccc(F)cc1Cl)c1cccc2c1OCCO2. The van der Waals surface area contributed by atoms with Gasteiger partial charge in [0.15, 0.2) is 11.5 Å². The molecule has 2 N–H and O–H groups in total. The van der Waals surface area contributed by atoms with E-state index in [1.165, 1.54) is 12.1 Å². The topological polar surface area (TPSA) is 44.5 Å². The predicted octanol–water partition coefficient (Wildman–Crippen LogP) is 3.49. The van der Waals surface area contributed by atoms with Crippen molar-refractivity contribution in [2.45, 2.75) is 12.5 Å². The summed E-state index contributed by atoms with van der Waals surface area (Å²) in [7, 11) is 0. The maximum absolute atomic E-state index is 13.1.